The molecule has 1 aliphatic heterocycles. The summed E-state index contributed by atoms with van der Waals surface area (Å²) >= 11 is 1.31. The van der Waals surface area contributed by atoms with E-state index in [1.165, 1.54) is 23.9 Å². The predicted octanol–water partition coefficient (Wildman–Crippen LogP) is 4.49. The molecule has 2 N–H and O–H groups in total. The molecule has 7 nitrogen and oxygen atoms in total. The van der Waals surface area contributed by atoms with Crippen LogP contribution in [0.3, 0.4) is 0 Å². The number of rotatable bonds is 5. The minimum absolute atomic E-state index is 0.217. The number of fused-ring (bicyclic) bond motifs is 1. The normalized spacial score (nSPS) is 17.0. The molecule has 0 radical (unpaired) electrons. The van der Waals surface area contributed by atoms with Crippen LogP contribution >= 0.6 is 11.8 Å². The summed E-state index contributed by atoms with van der Waals surface area (Å²) in [4.78, 5) is 13.4. The molecule has 1 aliphatic rings. The third-order valence-corrected chi connectivity index (χ3v) is 6.51. The number of nitrogens with zero attached hydrogens (tertiary/aromatic N) is 3. The lowest BCUT2D eigenvalue weighted by molar-refractivity contribution is -0.116. The van der Waals surface area contributed by atoms with Gasteiger partial charge in [0.15, 0.2) is 5.82 Å². The Morgan fingerprint density at radius 3 is 2.61 bits per heavy atom. The average molecular weight is 462 g/mol. The fourth-order valence-corrected chi connectivity index (χ4v) is 4.74. The predicted molar refractivity (Wildman–Crippen MR) is 125 cm³/mol. The number of thioether (sulfide) groups is 1. The Bertz CT molecular complexity index is 1280. The molecule has 3 aromatic carbocycles. The van der Waals surface area contributed by atoms with E-state index in [4.69, 9.17) is 4.74 Å². The van der Waals surface area contributed by atoms with E-state index in [1.807, 2.05) is 36.4 Å². The Balaban J connectivity index is 1.50. The van der Waals surface area contributed by atoms with Gasteiger partial charge in [0.1, 0.15) is 16.8 Å². The number of aromatic nitrogens is 3. The lowest BCUT2D eigenvalue weighted by Gasteiger charge is -2.33. The monoisotopic (exact) mass is 461 g/mol. The van der Waals surface area contributed by atoms with Crippen LogP contribution in [-0.4, -0.2) is 33.1 Å². The van der Waals surface area contributed by atoms with Gasteiger partial charge in [0.05, 0.1) is 13.2 Å². The van der Waals surface area contributed by atoms with Crippen LogP contribution in [0.2, 0.25) is 0 Å². The summed E-state index contributed by atoms with van der Waals surface area (Å²) in [5, 5.41) is 11.6. The third kappa shape index (κ3) is 4.27. The largest absolute Gasteiger partial charge is 0.497 e. The maximum absolute atomic E-state index is 13.6. The molecule has 2 unspecified atom stereocenters. The minimum Gasteiger partial charge on any atom is -0.497 e. The van der Waals surface area contributed by atoms with Crippen molar-refractivity contribution < 1.29 is 13.9 Å². The number of carbonyl (C=O) groups is 1. The molecule has 0 fully saturated rings. The maximum Gasteiger partial charge on any atom is 0.240 e. The number of anilines is 1. The molecule has 2 heterocycles. The van der Waals surface area contributed by atoms with Crippen LogP contribution in [0.1, 0.15) is 11.6 Å². The highest BCUT2D eigenvalue weighted by Gasteiger charge is 2.38. The van der Waals surface area contributed by atoms with Gasteiger partial charge in [-0.05, 0) is 29.8 Å². The topological polar surface area (TPSA) is 81.1 Å². The third-order valence-electron chi connectivity index (χ3n) is 5.29. The number of benzene rings is 3. The highest BCUT2D eigenvalue weighted by atomic mass is 32.2. The molecule has 0 bridgehead atoms. The van der Waals surface area contributed by atoms with Gasteiger partial charge in [-0.2, -0.15) is 0 Å². The van der Waals surface area contributed by atoms with Gasteiger partial charge in [-0.25, -0.2) is 9.07 Å². The molecule has 4 aromatic rings. The molecule has 0 saturated heterocycles. The van der Waals surface area contributed by atoms with Gasteiger partial charge >= 0.3 is 0 Å². The van der Waals surface area contributed by atoms with Crippen molar-refractivity contribution in [3.05, 3.63) is 90.2 Å². The molecule has 2 atom stereocenters. The Morgan fingerprint density at radius 1 is 1.06 bits per heavy atom. The van der Waals surface area contributed by atoms with Gasteiger partial charge in [-0.3, -0.25) is 4.79 Å². The molecule has 0 spiro atoms. The van der Waals surface area contributed by atoms with Crippen LogP contribution < -0.4 is 15.5 Å². The van der Waals surface area contributed by atoms with Crippen LogP contribution in [-0.2, 0) is 4.79 Å². The summed E-state index contributed by atoms with van der Waals surface area (Å²) in [5.41, 5.74) is 5.66. The summed E-state index contributed by atoms with van der Waals surface area (Å²) in [6, 6.07) is 22.5. The molecule has 0 aliphatic carbocycles. The number of hydrogen-bond donors (Lipinski definition) is 2. The second kappa shape index (κ2) is 8.95. The lowest BCUT2D eigenvalue weighted by atomic mass is 10.0. The van der Waals surface area contributed by atoms with E-state index in [0.717, 1.165) is 11.1 Å². The number of hydrogen-bond acceptors (Lipinski definition) is 6. The fourth-order valence-electron chi connectivity index (χ4n) is 3.66. The molecule has 1 amide bonds. The summed E-state index contributed by atoms with van der Waals surface area (Å²) in [5.74, 6) is 0.724. The van der Waals surface area contributed by atoms with Crippen molar-refractivity contribution in [1.29, 1.82) is 0 Å². The lowest BCUT2D eigenvalue weighted by Crippen LogP contribution is -2.41. The zero-order valence-electron chi connectivity index (χ0n) is 17.6. The number of methoxy groups -OCH3 is 1. The van der Waals surface area contributed by atoms with Gasteiger partial charge in [0, 0.05) is 17.3 Å². The molecule has 0 saturated carbocycles. The SMILES string of the molecule is COc1cccc(NC(=O)C2Sc3nnc(-c4ccccc4)n3NC2c2ccc(F)cc2)c1. The van der Waals surface area contributed by atoms with Crippen molar-refractivity contribution in [2.45, 2.75) is 16.4 Å². The van der Waals surface area contributed by atoms with Crippen molar-refractivity contribution in [2.75, 3.05) is 17.9 Å². The second-order valence-corrected chi connectivity index (χ2v) is 8.53. The van der Waals surface area contributed by atoms with E-state index in [2.05, 4.69) is 20.9 Å². The Morgan fingerprint density at radius 2 is 1.85 bits per heavy atom. The highest BCUT2D eigenvalue weighted by Crippen LogP contribution is 2.39. The quantitative estimate of drug-likeness (QED) is 0.456. The van der Waals surface area contributed by atoms with Crippen LogP contribution in [0.15, 0.2) is 84.0 Å². The van der Waals surface area contributed by atoms with Gasteiger partial charge in [0.2, 0.25) is 11.1 Å². The highest BCUT2D eigenvalue weighted by molar-refractivity contribution is 8.00. The van der Waals surface area contributed by atoms with E-state index in [1.54, 1.807) is 42.1 Å². The van der Waals surface area contributed by atoms with Crippen LogP contribution in [0.4, 0.5) is 10.1 Å². The van der Waals surface area contributed by atoms with E-state index in [-0.39, 0.29) is 11.7 Å². The summed E-state index contributed by atoms with van der Waals surface area (Å²) in [6.45, 7) is 0. The number of amides is 1. The molecule has 5 rings (SSSR count). The van der Waals surface area contributed by atoms with Crippen molar-refractivity contribution in [2.24, 2.45) is 0 Å². The average Bonchev–Trinajstić information content (AvgIpc) is 3.27. The number of ether oxygens (including phenoxy) is 1. The van der Waals surface area contributed by atoms with E-state index in [9.17, 15) is 9.18 Å². The molecular formula is C24H20FN5O2S. The summed E-state index contributed by atoms with van der Waals surface area (Å²) in [6.07, 6.45) is 0. The zero-order valence-corrected chi connectivity index (χ0v) is 18.4. The van der Waals surface area contributed by atoms with Gasteiger partial charge in [-0.1, -0.05) is 60.3 Å². The molecule has 9 heteroatoms. The molecular weight excluding hydrogens is 441 g/mol. The molecule has 1 aromatic heterocycles. The van der Waals surface area contributed by atoms with Crippen LogP contribution in [0.5, 0.6) is 5.75 Å². The zero-order chi connectivity index (χ0) is 22.8. The fraction of sp³-hybridized carbons (Fsp3) is 0.125. The second-order valence-electron chi connectivity index (χ2n) is 7.43. The van der Waals surface area contributed by atoms with Crippen molar-refractivity contribution in [3.8, 4) is 17.1 Å². The first-order chi connectivity index (χ1) is 16.1. The Labute approximate surface area is 194 Å². The smallest absolute Gasteiger partial charge is 0.240 e. The van der Waals surface area contributed by atoms with Crippen LogP contribution in [0, 0.1) is 5.82 Å². The molecule has 166 valence electrons. The van der Waals surface area contributed by atoms with Crippen LogP contribution in [0.25, 0.3) is 11.4 Å². The number of nitrogens with one attached hydrogen (secondary N) is 2. The van der Waals surface area contributed by atoms with E-state index >= 15 is 0 Å². The first kappa shape index (κ1) is 21.0. The summed E-state index contributed by atoms with van der Waals surface area (Å²) < 4.78 is 20.6. The maximum atomic E-state index is 13.6. The minimum atomic E-state index is -0.581. The van der Waals surface area contributed by atoms with Gasteiger partial charge in [-0.15, -0.1) is 10.2 Å². The Hall–Kier alpha value is -3.85. The first-order valence-electron chi connectivity index (χ1n) is 10.3. The van der Waals surface area contributed by atoms with E-state index < -0.39 is 11.3 Å². The standard InChI is InChI=1S/C24H20FN5O2S/c1-32-19-9-5-8-18(14-19)26-23(31)21-20(15-10-12-17(25)13-11-15)29-30-22(27-28-24(30)33-21)16-6-3-2-4-7-16/h2-14,20-21,29H,1H3,(H,26,31). The van der Waals surface area contributed by atoms with Crippen molar-refractivity contribution >= 4 is 23.4 Å². The summed E-state index contributed by atoms with van der Waals surface area (Å²) in [7, 11) is 1.57. The molecule has 33 heavy (non-hydrogen) atoms. The van der Waals surface area contributed by atoms with Gasteiger partial charge < -0.3 is 15.5 Å². The van der Waals surface area contributed by atoms with Crippen molar-refractivity contribution in [3.63, 3.8) is 0 Å². The number of halogens is 1. The van der Waals surface area contributed by atoms with Gasteiger partial charge in [0.25, 0.3) is 0 Å². The first-order valence-corrected chi connectivity index (χ1v) is 11.1. The number of carbonyl (C=O) groups excluding carboxylic acids is 1. The van der Waals surface area contributed by atoms with Crippen molar-refractivity contribution in [1.82, 2.24) is 14.9 Å². The Kier molecular flexibility index (Phi) is 5.70. The van der Waals surface area contributed by atoms with E-state index in [0.29, 0.717) is 22.4 Å².